The van der Waals surface area contributed by atoms with Crippen LogP contribution in [-0.2, 0) is 0 Å². The quantitative estimate of drug-likeness (QED) is 0.871. The number of nitrogens with zero attached hydrogens (tertiary/aromatic N) is 3. The second-order valence-electron chi connectivity index (χ2n) is 4.63. The summed E-state index contributed by atoms with van der Waals surface area (Å²) in [6.45, 7) is 2.07. The monoisotopic (exact) mass is 265 g/mol. The van der Waals surface area contributed by atoms with E-state index in [9.17, 15) is 0 Å². The molecule has 1 aliphatic heterocycles. The normalized spacial score (nSPS) is 20.8. The fourth-order valence-electron chi connectivity index (χ4n) is 2.24. The SMILES string of the molecule is Clc1ccc2nc(NC3CCCCNC3)nn2c1. The van der Waals surface area contributed by atoms with Gasteiger partial charge in [0.1, 0.15) is 0 Å². The van der Waals surface area contributed by atoms with E-state index in [0.29, 0.717) is 17.0 Å². The van der Waals surface area contributed by atoms with E-state index >= 15 is 0 Å². The Balaban J connectivity index is 1.77. The van der Waals surface area contributed by atoms with Crippen molar-refractivity contribution in [1.29, 1.82) is 0 Å². The highest BCUT2D eigenvalue weighted by Crippen LogP contribution is 2.13. The van der Waals surface area contributed by atoms with Gasteiger partial charge in [0.15, 0.2) is 5.65 Å². The van der Waals surface area contributed by atoms with Crippen molar-refractivity contribution in [3.05, 3.63) is 23.4 Å². The van der Waals surface area contributed by atoms with E-state index in [4.69, 9.17) is 11.6 Å². The second-order valence-corrected chi connectivity index (χ2v) is 5.06. The molecule has 0 radical (unpaired) electrons. The van der Waals surface area contributed by atoms with E-state index in [1.54, 1.807) is 10.7 Å². The first-order valence-corrected chi connectivity index (χ1v) is 6.68. The lowest BCUT2D eigenvalue weighted by atomic mass is 10.1. The number of nitrogens with one attached hydrogen (secondary N) is 2. The first kappa shape index (κ1) is 11.7. The Morgan fingerprint density at radius 2 is 2.33 bits per heavy atom. The largest absolute Gasteiger partial charge is 0.349 e. The van der Waals surface area contributed by atoms with E-state index in [-0.39, 0.29) is 0 Å². The molecule has 2 N–H and O–H groups in total. The molecule has 96 valence electrons. The number of hydrogen-bond donors (Lipinski definition) is 2. The van der Waals surface area contributed by atoms with Gasteiger partial charge >= 0.3 is 0 Å². The average molecular weight is 266 g/mol. The van der Waals surface area contributed by atoms with Crippen LogP contribution in [0.3, 0.4) is 0 Å². The summed E-state index contributed by atoms with van der Waals surface area (Å²) < 4.78 is 1.70. The summed E-state index contributed by atoms with van der Waals surface area (Å²) in [5, 5.41) is 11.8. The van der Waals surface area contributed by atoms with Gasteiger partial charge in [-0.15, -0.1) is 5.10 Å². The molecule has 3 rings (SSSR count). The van der Waals surface area contributed by atoms with Crippen LogP contribution in [0.25, 0.3) is 5.65 Å². The molecule has 1 aliphatic rings. The standard InChI is InChI=1S/C12H16ClN5/c13-9-4-5-11-16-12(17-18(11)8-9)15-10-3-1-2-6-14-7-10/h4-5,8,10,14H,1-3,6-7H2,(H,15,17). The fraction of sp³-hybridized carbons (Fsp3) is 0.500. The first-order chi connectivity index (χ1) is 8.81. The van der Waals surface area contributed by atoms with Crippen LogP contribution in [0.5, 0.6) is 0 Å². The molecule has 0 aliphatic carbocycles. The Bertz CT molecular complexity index is 530. The van der Waals surface area contributed by atoms with Crippen molar-refractivity contribution < 1.29 is 0 Å². The van der Waals surface area contributed by atoms with Gasteiger partial charge in [-0.2, -0.15) is 4.98 Å². The van der Waals surface area contributed by atoms with Crippen molar-refractivity contribution in [1.82, 2.24) is 19.9 Å². The second kappa shape index (κ2) is 5.12. The third-order valence-electron chi connectivity index (χ3n) is 3.17. The molecule has 1 fully saturated rings. The summed E-state index contributed by atoms with van der Waals surface area (Å²) in [4.78, 5) is 4.43. The topological polar surface area (TPSA) is 54.2 Å². The summed E-state index contributed by atoms with van der Waals surface area (Å²) in [5.41, 5.74) is 0.809. The van der Waals surface area contributed by atoms with Crippen LogP contribution < -0.4 is 10.6 Å². The highest BCUT2D eigenvalue weighted by atomic mass is 35.5. The van der Waals surface area contributed by atoms with E-state index in [0.717, 1.165) is 25.2 Å². The molecule has 2 aromatic heterocycles. The molecule has 0 spiro atoms. The number of anilines is 1. The summed E-state index contributed by atoms with van der Waals surface area (Å²) in [5.74, 6) is 0.672. The number of pyridine rings is 1. The van der Waals surface area contributed by atoms with Crippen molar-refractivity contribution in [2.45, 2.75) is 25.3 Å². The maximum absolute atomic E-state index is 5.92. The summed E-state index contributed by atoms with van der Waals surface area (Å²) in [6.07, 6.45) is 5.40. The van der Waals surface area contributed by atoms with E-state index in [1.807, 2.05) is 12.1 Å². The highest BCUT2D eigenvalue weighted by Gasteiger charge is 2.13. The lowest BCUT2D eigenvalue weighted by Gasteiger charge is -2.14. The molecule has 0 aromatic carbocycles. The van der Waals surface area contributed by atoms with Gasteiger partial charge in [-0.05, 0) is 31.5 Å². The molecule has 6 heteroatoms. The van der Waals surface area contributed by atoms with Crippen molar-refractivity contribution in [3.63, 3.8) is 0 Å². The number of fused-ring (bicyclic) bond motifs is 1. The first-order valence-electron chi connectivity index (χ1n) is 6.30. The Morgan fingerprint density at radius 1 is 1.39 bits per heavy atom. The van der Waals surface area contributed by atoms with Crippen LogP contribution in [-0.4, -0.2) is 33.7 Å². The third kappa shape index (κ3) is 2.57. The number of hydrogen-bond acceptors (Lipinski definition) is 4. The van der Waals surface area contributed by atoms with Crippen LogP contribution in [0.2, 0.25) is 5.02 Å². The van der Waals surface area contributed by atoms with Crippen LogP contribution >= 0.6 is 11.6 Å². The van der Waals surface area contributed by atoms with Gasteiger partial charge in [0.2, 0.25) is 5.95 Å². The maximum atomic E-state index is 5.92. The van der Waals surface area contributed by atoms with E-state index < -0.39 is 0 Å². The minimum absolute atomic E-state index is 0.403. The van der Waals surface area contributed by atoms with Crippen LogP contribution in [0.4, 0.5) is 5.95 Å². The fourth-order valence-corrected chi connectivity index (χ4v) is 2.40. The van der Waals surface area contributed by atoms with Crippen molar-refractivity contribution in [2.75, 3.05) is 18.4 Å². The van der Waals surface area contributed by atoms with Crippen molar-refractivity contribution >= 4 is 23.2 Å². The average Bonchev–Trinajstić information content (AvgIpc) is 2.57. The Morgan fingerprint density at radius 3 is 3.28 bits per heavy atom. The number of halogens is 1. The number of rotatable bonds is 2. The molecule has 1 saturated heterocycles. The lowest BCUT2D eigenvalue weighted by molar-refractivity contribution is 0.631. The molecule has 3 heterocycles. The van der Waals surface area contributed by atoms with Gasteiger partial charge in [0.25, 0.3) is 0 Å². The Labute approximate surface area is 111 Å². The Kier molecular flexibility index (Phi) is 3.34. The van der Waals surface area contributed by atoms with E-state index in [1.165, 1.54) is 12.8 Å². The molecule has 0 bridgehead atoms. The van der Waals surface area contributed by atoms with Gasteiger partial charge in [0.05, 0.1) is 5.02 Å². The summed E-state index contributed by atoms with van der Waals surface area (Å²) in [6, 6.07) is 4.09. The van der Waals surface area contributed by atoms with E-state index in [2.05, 4.69) is 20.7 Å². The zero-order valence-electron chi connectivity index (χ0n) is 10.1. The van der Waals surface area contributed by atoms with Gasteiger partial charge in [-0.3, -0.25) is 0 Å². The van der Waals surface area contributed by atoms with Gasteiger partial charge in [0, 0.05) is 18.8 Å². The molecular formula is C12H16ClN5. The molecule has 5 nitrogen and oxygen atoms in total. The van der Waals surface area contributed by atoms with Crippen LogP contribution in [0.1, 0.15) is 19.3 Å². The van der Waals surface area contributed by atoms with Crippen molar-refractivity contribution in [3.8, 4) is 0 Å². The molecule has 18 heavy (non-hydrogen) atoms. The Hall–Kier alpha value is -1.33. The third-order valence-corrected chi connectivity index (χ3v) is 3.40. The minimum Gasteiger partial charge on any atom is -0.349 e. The van der Waals surface area contributed by atoms with Crippen molar-refractivity contribution in [2.24, 2.45) is 0 Å². The predicted octanol–water partition coefficient (Wildman–Crippen LogP) is 1.94. The smallest absolute Gasteiger partial charge is 0.243 e. The lowest BCUT2D eigenvalue weighted by Crippen LogP contribution is -2.31. The molecule has 0 amide bonds. The minimum atomic E-state index is 0.403. The molecule has 2 aromatic rings. The highest BCUT2D eigenvalue weighted by molar-refractivity contribution is 6.30. The zero-order chi connectivity index (χ0) is 12.4. The number of aromatic nitrogens is 3. The maximum Gasteiger partial charge on any atom is 0.243 e. The van der Waals surface area contributed by atoms with Gasteiger partial charge in [-0.25, -0.2) is 4.52 Å². The predicted molar refractivity (Wildman–Crippen MR) is 72.1 cm³/mol. The zero-order valence-corrected chi connectivity index (χ0v) is 10.8. The molecule has 1 unspecified atom stereocenters. The van der Waals surface area contributed by atoms with Gasteiger partial charge in [-0.1, -0.05) is 18.0 Å². The molecular weight excluding hydrogens is 250 g/mol. The summed E-state index contributed by atoms with van der Waals surface area (Å²) >= 11 is 5.92. The van der Waals surface area contributed by atoms with Crippen LogP contribution in [0, 0.1) is 0 Å². The summed E-state index contributed by atoms with van der Waals surface area (Å²) in [7, 11) is 0. The molecule has 1 atom stereocenters. The van der Waals surface area contributed by atoms with Crippen LogP contribution in [0.15, 0.2) is 18.3 Å². The van der Waals surface area contributed by atoms with Gasteiger partial charge < -0.3 is 10.6 Å². The molecule has 0 saturated carbocycles.